The zero-order valence-electron chi connectivity index (χ0n) is 11.1. The van der Waals surface area contributed by atoms with Gasteiger partial charge in [-0.05, 0) is 30.0 Å². The molecule has 0 saturated heterocycles. The van der Waals surface area contributed by atoms with Crippen LogP contribution in [0.15, 0.2) is 0 Å². The zero-order valence-corrected chi connectivity index (χ0v) is 14.1. The van der Waals surface area contributed by atoms with Crippen molar-refractivity contribution in [2.45, 2.75) is 76.4 Å². The Hall–Kier alpha value is 0.394. The van der Waals surface area contributed by atoms with Gasteiger partial charge in [-0.2, -0.15) is 0 Å². The van der Waals surface area contributed by atoms with Crippen molar-refractivity contribution < 1.29 is 4.12 Å². The Balaban J connectivity index is 2.93. The van der Waals surface area contributed by atoms with E-state index in [9.17, 15) is 0 Å². The molecule has 1 aliphatic rings. The van der Waals surface area contributed by atoms with Crippen LogP contribution in [0.5, 0.6) is 0 Å². The van der Waals surface area contributed by atoms with E-state index in [-0.39, 0.29) is 0 Å². The highest BCUT2D eigenvalue weighted by atomic mass is 28.4. The molecule has 0 aromatic carbocycles. The quantitative estimate of drug-likeness (QED) is 0.674. The summed E-state index contributed by atoms with van der Waals surface area (Å²) in [6.07, 6.45) is 8.64. The third-order valence-electron chi connectivity index (χ3n) is 4.99. The van der Waals surface area contributed by atoms with Crippen LogP contribution < -0.4 is 0 Å². The van der Waals surface area contributed by atoms with Crippen LogP contribution >= 0.6 is 0 Å². The van der Waals surface area contributed by atoms with Crippen molar-refractivity contribution in [2.75, 3.05) is 0 Å². The van der Waals surface area contributed by atoms with E-state index < -0.39 is 8.32 Å². The smallest absolute Gasteiger partial charge is 0.184 e. The predicted molar refractivity (Wildman–Crippen MR) is 73.8 cm³/mol. The lowest BCUT2D eigenvalue weighted by molar-refractivity contribution is 0.317. The summed E-state index contributed by atoms with van der Waals surface area (Å²) in [6, 6.07) is 2.67. The molecule has 0 aromatic rings. The molecule has 1 rings (SSSR count). The molecule has 0 amide bonds. The van der Waals surface area contributed by atoms with Crippen molar-refractivity contribution in [2.24, 2.45) is 0 Å². The molecule has 0 radical (unpaired) electrons. The molecule has 1 saturated carbocycles. The predicted octanol–water partition coefficient (Wildman–Crippen LogP) is 3.38. The van der Waals surface area contributed by atoms with Crippen molar-refractivity contribution in [3.63, 3.8) is 0 Å². The third kappa shape index (κ3) is 2.24. The molecule has 15 heavy (non-hydrogen) atoms. The molecule has 0 spiro atoms. The summed E-state index contributed by atoms with van der Waals surface area (Å²) < 4.78 is 6.25. The fourth-order valence-corrected chi connectivity index (χ4v) is 11.8. The van der Waals surface area contributed by atoms with E-state index in [2.05, 4.69) is 20.8 Å². The molecule has 0 unspecified atom stereocenters. The van der Waals surface area contributed by atoms with Crippen LogP contribution in [0.2, 0.25) is 17.1 Å². The van der Waals surface area contributed by atoms with Gasteiger partial charge in [-0.15, -0.1) is 0 Å². The molecular weight excluding hydrogens is 216 g/mol. The summed E-state index contributed by atoms with van der Waals surface area (Å²) in [5.74, 6) is 0. The second-order valence-corrected chi connectivity index (χ2v) is 11.2. The molecule has 1 fully saturated rings. The molecule has 1 nitrogen and oxygen atoms in total. The first-order valence-corrected chi connectivity index (χ1v) is 9.89. The minimum absolute atomic E-state index is 0.635. The van der Waals surface area contributed by atoms with Gasteiger partial charge in [-0.1, -0.05) is 46.5 Å². The average molecular weight is 245 g/mol. The van der Waals surface area contributed by atoms with Gasteiger partial charge in [-0.25, -0.2) is 0 Å². The average Bonchev–Trinajstić information content (AvgIpc) is 2.33. The van der Waals surface area contributed by atoms with Gasteiger partial charge in [0.2, 0.25) is 0 Å². The Labute approximate surface area is 99.7 Å². The van der Waals surface area contributed by atoms with E-state index in [4.69, 9.17) is 4.12 Å². The van der Waals surface area contributed by atoms with Gasteiger partial charge in [0.05, 0.1) is 0 Å². The molecule has 0 heterocycles. The van der Waals surface area contributed by atoms with E-state index >= 15 is 0 Å². The lowest BCUT2D eigenvalue weighted by Crippen LogP contribution is -2.50. The maximum Gasteiger partial charge on any atom is 0.184 e. The molecule has 0 N–H and O–H groups in total. The van der Waals surface area contributed by atoms with Crippen LogP contribution in [0.4, 0.5) is 0 Å². The fraction of sp³-hybridized carbons (Fsp3) is 1.00. The Bertz CT molecular complexity index is 176. The summed E-state index contributed by atoms with van der Waals surface area (Å²) >= 11 is 0. The van der Waals surface area contributed by atoms with Crippen LogP contribution in [0, 0.1) is 0 Å². The van der Waals surface area contributed by atoms with Crippen LogP contribution in [0.3, 0.4) is 0 Å². The van der Waals surface area contributed by atoms with Gasteiger partial charge in [0.15, 0.2) is 8.32 Å². The van der Waals surface area contributed by atoms with Gasteiger partial charge in [-0.3, -0.25) is 0 Å². The maximum atomic E-state index is 6.25. The van der Waals surface area contributed by atoms with Crippen LogP contribution in [-0.4, -0.2) is 18.8 Å². The summed E-state index contributed by atoms with van der Waals surface area (Å²) in [5, 5.41) is 0.635. The van der Waals surface area contributed by atoms with Crippen molar-refractivity contribution in [1.29, 1.82) is 0 Å². The molecule has 0 aliphatic heterocycles. The van der Waals surface area contributed by atoms with Gasteiger partial charge >= 0.3 is 0 Å². The van der Waals surface area contributed by atoms with Gasteiger partial charge < -0.3 is 4.12 Å². The SMILES string of the molecule is CCC1([Si](CC)(CC)O[SiH3])CCCCC1. The normalized spacial score (nSPS) is 21.8. The fourth-order valence-electron chi connectivity index (χ4n) is 3.87. The van der Waals surface area contributed by atoms with E-state index in [1.807, 2.05) is 0 Å². The van der Waals surface area contributed by atoms with Crippen molar-refractivity contribution in [3.8, 4) is 0 Å². The summed E-state index contributed by atoms with van der Waals surface area (Å²) in [5.41, 5.74) is 0. The minimum Gasteiger partial charge on any atom is -0.463 e. The topological polar surface area (TPSA) is 9.23 Å². The van der Waals surface area contributed by atoms with Crippen LogP contribution in [-0.2, 0) is 4.12 Å². The number of rotatable bonds is 5. The molecular formula is C12H28OSi2. The van der Waals surface area contributed by atoms with Crippen molar-refractivity contribution in [1.82, 2.24) is 0 Å². The molecule has 3 heteroatoms. The molecule has 1 aliphatic carbocycles. The van der Waals surface area contributed by atoms with Gasteiger partial charge in [0.25, 0.3) is 0 Å². The lowest BCUT2D eigenvalue weighted by atomic mass is 9.86. The van der Waals surface area contributed by atoms with Gasteiger partial charge in [0, 0.05) is 0 Å². The highest BCUT2D eigenvalue weighted by molar-refractivity contribution is 6.79. The van der Waals surface area contributed by atoms with Crippen LogP contribution in [0.1, 0.15) is 59.3 Å². The van der Waals surface area contributed by atoms with E-state index in [1.165, 1.54) is 50.6 Å². The first kappa shape index (κ1) is 13.5. The Morgan fingerprint density at radius 3 is 1.93 bits per heavy atom. The highest BCUT2D eigenvalue weighted by Crippen LogP contribution is 2.55. The Morgan fingerprint density at radius 2 is 1.60 bits per heavy atom. The standard InChI is InChI=1S/C12H28OSi2/c1-4-12(10-8-7-9-11-12)15(5-2,6-3)13-14/h4-11H2,1-3,14H3. The van der Waals surface area contributed by atoms with Crippen LogP contribution in [0.25, 0.3) is 0 Å². The van der Waals surface area contributed by atoms with E-state index in [0.717, 1.165) is 10.5 Å². The van der Waals surface area contributed by atoms with Crippen molar-refractivity contribution in [3.05, 3.63) is 0 Å². The Kier molecular flexibility index (Phi) is 5.06. The largest absolute Gasteiger partial charge is 0.463 e. The molecule has 0 aromatic heterocycles. The molecule has 90 valence electrons. The highest BCUT2D eigenvalue weighted by Gasteiger charge is 2.50. The molecule has 0 bridgehead atoms. The first-order valence-electron chi connectivity index (χ1n) is 6.75. The summed E-state index contributed by atoms with van der Waals surface area (Å²) in [7, 11) is -0.457. The Morgan fingerprint density at radius 1 is 1.07 bits per heavy atom. The van der Waals surface area contributed by atoms with Crippen molar-refractivity contribution >= 4 is 18.8 Å². The summed E-state index contributed by atoms with van der Waals surface area (Å²) in [4.78, 5) is 0. The maximum absolute atomic E-state index is 6.25. The lowest BCUT2D eigenvalue weighted by Gasteiger charge is -2.50. The van der Waals surface area contributed by atoms with E-state index in [0.29, 0.717) is 5.04 Å². The zero-order chi connectivity index (χ0) is 11.4. The number of hydrogen-bond acceptors (Lipinski definition) is 1. The molecule has 0 atom stereocenters. The summed E-state index contributed by atoms with van der Waals surface area (Å²) in [6.45, 7) is 7.15. The third-order valence-corrected chi connectivity index (χ3v) is 13.2. The van der Waals surface area contributed by atoms with E-state index in [1.54, 1.807) is 0 Å². The second kappa shape index (κ2) is 5.64. The second-order valence-electron chi connectivity index (χ2n) is 5.10. The van der Waals surface area contributed by atoms with Gasteiger partial charge in [0.1, 0.15) is 10.5 Å². The minimum atomic E-state index is -1.41. The monoisotopic (exact) mass is 244 g/mol. The first-order chi connectivity index (χ1) is 7.20. The number of hydrogen-bond donors (Lipinski definition) is 0.